The van der Waals surface area contributed by atoms with Crippen LogP contribution in [0.2, 0.25) is 5.02 Å². The van der Waals surface area contributed by atoms with Gasteiger partial charge in [0.15, 0.2) is 0 Å². The van der Waals surface area contributed by atoms with E-state index >= 15 is 0 Å². The maximum atomic E-state index is 12.7. The number of allylic oxidation sites excluding steroid dienone is 3. The Balaban J connectivity index is 2.34. The van der Waals surface area contributed by atoms with E-state index in [1.54, 1.807) is 13.0 Å². The first kappa shape index (κ1) is 16.3. The van der Waals surface area contributed by atoms with Crippen molar-refractivity contribution in [1.82, 2.24) is 9.97 Å². The first-order valence-electron chi connectivity index (χ1n) is 6.32. The van der Waals surface area contributed by atoms with Gasteiger partial charge in [0.05, 0.1) is 16.2 Å². The highest BCUT2D eigenvalue weighted by Gasteiger charge is 2.30. The summed E-state index contributed by atoms with van der Waals surface area (Å²) in [4.78, 5) is 8.02. The number of alkyl halides is 3. The summed E-state index contributed by atoms with van der Waals surface area (Å²) in [7, 11) is 0. The van der Waals surface area contributed by atoms with Crippen molar-refractivity contribution in [3.05, 3.63) is 52.7 Å². The van der Waals surface area contributed by atoms with Gasteiger partial charge >= 0.3 is 6.18 Å². The molecule has 2 aromatic heterocycles. The highest BCUT2D eigenvalue weighted by atomic mass is 35.5. The Hall–Kier alpha value is -2.08. The number of hydrogen-bond donors (Lipinski definition) is 0. The molecule has 0 aromatic carbocycles. The number of aryl methyl sites for hydroxylation is 1. The molecule has 0 amide bonds. The van der Waals surface area contributed by atoms with Gasteiger partial charge in [0, 0.05) is 12.4 Å². The van der Waals surface area contributed by atoms with Gasteiger partial charge < -0.3 is 4.42 Å². The number of hydrogen-bond acceptors (Lipinski definition) is 3. The van der Waals surface area contributed by atoms with Gasteiger partial charge in [-0.05, 0) is 32.1 Å². The monoisotopic (exact) mass is 328 g/mol. The fourth-order valence-electron chi connectivity index (χ4n) is 1.75. The van der Waals surface area contributed by atoms with E-state index in [0.29, 0.717) is 22.0 Å². The van der Waals surface area contributed by atoms with Gasteiger partial charge in [-0.25, -0.2) is 4.98 Å². The fourth-order valence-corrected chi connectivity index (χ4v) is 1.95. The standard InChI is InChI=1S/C15H12ClF3N2O/c1-3-10(15(17,18)19)4-5-13-9(2)22-14(21-13)11-6-7-20-8-12(11)16/h3-8H,1-2H3/b5-4-,10-3?. The zero-order valence-electron chi connectivity index (χ0n) is 11.8. The Bertz CT molecular complexity index is 733. The van der Waals surface area contributed by atoms with Crippen molar-refractivity contribution < 1.29 is 17.6 Å². The average Bonchev–Trinajstić information content (AvgIpc) is 2.80. The highest BCUT2D eigenvalue weighted by molar-refractivity contribution is 6.33. The van der Waals surface area contributed by atoms with E-state index in [-0.39, 0.29) is 5.89 Å². The molecule has 7 heteroatoms. The number of oxazole rings is 1. The van der Waals surface area contributed by atoms with E-state index in [0.717, 1.165) is 12.2 Å². The second-order valence-corrected chi connectivity index (χ2v) is 4.80. The molecule has 0 saturated carbocycles. The minimum Gasteiger partial charge on any atom is -0.441 e. The molecule has 0 atom stereocenters. The maximum absolute atomic E-state index is 12.7. The van der Waals surface area contributed by atoms with Crippen LogP contribution in [0.4, 0.5) is 13.2 Å². The summed E-state index contributed by atoms with van der Waals surface area (Å²) in [6, 6.07) is 1.62. The maximum Gasteiger partial charge on any atom is 0.416 e. The summed E-state index contributed by atoms with van der Waals surface area (Å²) in [5.41, 5.74) is 0.0892. The molecule has 116 valence electrons. The summed E-state index contributed by atoms with van der Waals surface area (Å²) in [5, 5.41) is 0.351. The molecule has 0 aliphatic carbocycles. The molecule has 2 heterocycles. The largest absolute Gasteiger partial charge is 0.441 e. The quantitative estimate of drug-likeness (QED) is 0.725. The Morgan fingerprint density at radius 1 is 1.36 bits per heavy atom. The minimum absolute atomic E-state index is 0.235. The van der Waals surface area contributed by atoms with Crippen molar-refractivity contribution in [2.45, 2.75) is 20.0 Å². The van der Waals surface area contributed by atoms with Gasteiger partial charge in [-0.3, -0.25) is 4.98 Å². The van der Waals surface area contributed by atoms with E-state index in [9.17, 15) is 13.2 Å². The third-order valence-electron chi connectivity index (χ3n) is 2.89. The second kappa shape index (κ2) is 6.36. The Morgan fingerprint density at radius 2 is 2.09 bits per heavy atom. The molecule has 0 aliphatic heterocycles. The molecule has 0 aliphatic rings. The smallest absolute Gasteiger partial charge is 0.416 e. The van der Waals surface area contributed by atoms with Gasteiger partial charge in [0.2, 0.25) is 5.89 Å². The van der Waals surface area contributed by atoms with Crippen molar-refractivity contribution in [3.8, 4) is 11.5 Å². The van der Waals surface area contributed by atoms with Crippen LogP contribution in [0.3, 0.4) is 0 Å². The molecule has 2 aromatic rings. The molecular formula is C15H12ClF3N2O. The Morgan fingerprint density at radius 3 is 2.68 bits per heavy atom. The van der Waals surface area contributed by atoms with Gasteiger partial charge in [-0.1, -0.05) is 17.7 Å². The molecule has 0 spiro atoms. The van der Waals surface area contributed by atoms with E-state index < -0.39 is 11.7 Å². The predicted molar refractivity (Wildman–Crippen MR) is 78.3 cm³/mol. The van der Waals surface area contributed by atoms with E-state index in [4.69, 9.17) is 16.0 Å². The topological polar surface area (TPSA) is 38.9 Å². The third-order valence-corrected chi connectivity index (χ3v) is 3.20. The van der Waals surface area contributed by atoms with Gasteiger partial charge in [-0.15, -0.1) is 0 Å². The van der Waals surface area contributed by atoms with Crippen molar-refractivity contribution >= 4 is 17.7 Å². The van der Waals surface area contributed by atoms with Crippen molar-refractivity contribution in [3.63, 3.8) is 0 Å². The van der Waals surface area contributed by atoms with Crippen molar-refractivity contribution in [1.29, 1.82) is 0 Å². The van der Waals surface area contributed by atoms with Crippen LogP contribution in [0.15, 0.2) is 40.6 Å². The Labute approximate surface area is 130 Å². The SMILES string of the molecule is CC=C(/C=C\c1nc(-c2ccncc2Cl)oc1C)C(F)(F)F. The Kier molecular flexibility index (Phi) is 4.71. The van der Waals surface area contributed by atoms with Crippen LogP contribution in [0.1, 0.15) is 18.4 Å². The lowest BCUT2D eigenvalue weighted by Crippen LogP contribution is -2.09. The molecular weight excluding hydrogens is 317 g/mol. The lowest BCUT2D eigenvalue weighted by atomic mass is 10.2. The molecule has 0 N–H and O–H groups in total. The summed E-state index contributed by atoms with van der Waals surface area (Å²) in [6.07, 6.45) is 1.78. The summed E-state index contributed by atoms with van der Waals surface area (Å²) in [5.74, 6) is 0.635. The van der Waals surface area contributed by atoms with E-state index in [1.165, 1.54) is 25.4 Å². The summed E-state index contributed by atoms with van der Waals surface area (Å²) < 4.78 is 43.4. The van der Waals surface area contributed by atoms with Crippen LogP contribution in [-0.2, 0) is 0 Å². The summed E-state index contributed by atoms with van der Waals surface area (Å²) >= 11 is 5.99. The zero-order chi connectivity index (χ0) is 16.3. The molecule has 2 rings (SSSR count). The lowest BCUT2D eigenvalue weighted by molar-refractivity contribution is -0.0882. The molecule has 0 unspecified atom stereocenters. The highest BCUT2D eigenvalue weighted by Crippen LogP contribution is 2.30. The van der Waals surface area contributed by atoms with Crippen molar-refractivity contribution in [2.24, 2.45) is 0 Å². The molecule has 22 heavy (non-hydrogen) atoms. The number of aromatic nitrogens is 2. The number of halogens is 4. The first-order chi connectivity index (χ1) is 10.3. The molecule has 0 fully saturated rings. The van der Waals surface area contributed by atoms with Crippen LogP contribution in [-0.4, -0.2) is 16.1 Å². The van der Waals surface area contributed by atoms with Crippen LogP contribution in [0.25, 0.3) is 17.5 Å². The van der Waals surface area contributed by atoms with Crippen LogP contribution in [0.5, 0.6) is 0 Å². The summed E-state index contributed by atoms with van der Waals surface area (Å²) in [6.45, 7) is 2.94. The lowest BCUT2D eigenvalue weighted by Gasteiger charge is -2.05. The molecule has 0 radical (unpaired) electrons. The second-order valence-electron chi connectivity index (χ2n) is 4.39. The minimum atomic E-state index is -4.40. The first-order valence-corrected chi connectivity index (χ1v) is 6.69. The van der Waals surface area contributed by atoms with E-state index in [2.05, 4.69) is 9.97 Å². The number of nitrogens with zero attached hydrogens (tertiary/aromatic N) is 2. The van der Waals surface area contributed by atoms with Crippen LogP contribution < -0.4 is 0 Å². The molecule has 0 bridgehead atoms. The van der Waals surface area contributed by atoms with Gasteiger partial charge in [0.1, 0.15) is 11.5 Å². The van der Waals surface area contributed by atoms with E-state index in [1.807, 2.05) is 0 Å². The van der Waals surface area contributed by atoms with Gasteiger partial charge in [0.25, 0.3) is 0 Å². The van der Waals surface area contributed by atoms with Crippen molar-refractivity contribution in [2.75, 3.05) is 0 Å². The number of pyridine rings is 1. The zero-order valence-corrected chi connectivity index (χ0v) is 12.5. The predicted octanol–water partition coefficient (Wildman–Crippen LogP) is 5.22. The molecule has 0 saturated heterocycles. The van der Waals surface area contributed by atoms with Crippen LogP contribution >= 0.6 is 11.6 Å². The fraction of sp³-hybridized carbons (Fsp3) is 0.200. The average molecular weight is 329 g/mol. The third kappa shape index (κ3) is 3.57. The normalized spacial score (nSPS) is 13.1. The van der Waals surface area contributed by atoms with Gasteiger partial charge in [-0.2, -0.15) is 13.2 Å². The number of rotatable bonds is 3. The molecule has 3 nitrogen and oxygen atoms in total. The van der Waals surface area contributed by atoms with Crippen LogP contribution in [0, 0.1) is 6.92 Å².